The van der Waals surface area contributed by atoms with Gasteiger partial charge in [0.05, 0.1) is 21.9 Å². The van der Waals surface area contributed by atoms with Crippen molar-refractivity contribution in [3.8, 4) is 0 Å². The summed E-state index contributed by atoms with van der Waals surface area (Å²) in [7, 11) is -3.71. The number of aromatic amines is 1. The minimum absolute atomic E-state index is 0.0257. The van der Waals surface area contributed by atoms with Crippen molar-refractivity contribution >= 4 is 49.9 Å². The quantitative estimate of drug-likeness (QED) is 0.593. The molecule has 7 nitrogen and oxygen atoms in total. The van der Waals surface area contributed by atoms with E-state index in [9.17, 15) is 13.2 Å². The molecule has 0 saturated carbocycles. The Kier molecular flexibility index (Phi) is 5.43. The Morgan fingerprint density at radius 2 is 1.62 bits per heavy atom. The third-order valence-corrected chi connectivity index (χ3v) is 9.50. The number of rotatable bonds is 7. The lowest BCUT2D eigenvalue weighted by Crippen LogP contribution is -2.75. The first-order valence-electron chi connectivity index (χ1n) is 10.9. The lowest BCUT2D eigenvalue weighted by Gasteiger charge is -2.64. The SMILES string of the molecule is CC12CN3CC(C)(CN(C1)C3c1c[nH]c3ccc(S(=O)(=O)N(CCCl)CCCl)cc13)C2=O. The van der Waals surface area contributed by atoms with Crippen molar-refractivity contribution in [2.75, 3.05) is 51.0 Å². The lowest BCUT2D eigenvalue weighted by atomic mass is 9.62. The fourth-order valence-electron chi connectivity index (χ4n) is 6.18. The number of Topliss-reactive ketones (excluding diaryl/α,β-unsaturated/α-hetero) is 1. The molecule has 1 aromatic carbocycles. The molecule has 0 atom stereocenters. The summed E-state index contributed by atoms with van der Waals surface area (Å²) in [5.74, 6) is 0.786. The number of fused-ring (bicyclic) bond motifs is 1. The number of sulfonamides is 1. The maximum Gasteiger partial charge on any atom is 0.243 e. The maximum atomic E-state index is 13.3. The topological polar surface area (TPSA) is 76.7 Å². The molecule has 1 N–H and O–H groups in total. The van der Waals surface area contributed by atoms with E-state index in [0.717, 1.165) is 42.6 Å². The molecular weight excluding hydrogens is 471 g/mol. The van der Waals surface area contributed by atoms with Crippen LogP contribution in [0.5, 0.6) is 0 Å². The standard InChI is InChI=1S/C22H28Cl2N4O3S/c1-21-11-26-13-22(2,20(21)29)14-27(12-21)19(26)17-10-25-18-4-3-15(9-16(17)18)32(30,31)28(7-5-23)8-6-24/h3-4,9-10,19,25H,5-8,11-14H2,1-2H3. The molecule has 0 amide bonds. The fraction of sp³-hybridized carbons (Fsp3) is 0.591. The molecule has 0 aliphatic carbocycles. The summed E-state index contributed by atoms with van der Waals surface area (Å²) in [6.45, 7) is 7.49. The molecule has 1 aromatic heterocycles. The second-order valence-electron chi connectivity index (χ2n) is 9.87. The molecule has 32 heavy (non-hydrogen) atoms. The smallest absolute Gasteiger partial charge is 0.243 e. The number of piperidine rings is 2. The zero-order valence-corrected chi connectivity index (χ0v) is 20.6. The average Bonchev–Trinajstić information content (AvgIpc) is 3.14. The zero-order valence-electron chi connectivity index (χ0n) is 18.3. The number of benzene rings is 1. The number of carbonyl (C=O) groups is 1. The lowest BCUT2D eigenvalue weighted by molar-refractivity contribution is -0.196. The van der Waals surface area contributed by atoms with Gasteiger partial charge in [-0.1, -0.05) is 13.8 Å². The van der Waals surface area contributed by atoms with Crippen LogP contribution < -0.4 is 0 Å². The van der Waals surface area contributed by atoms with Crippen molar-refractivity contribution in [1.29, 1.82) is 0 Å². The normalized spacial score (nSPS) is 34.2. The predicted octanol–water partition coefficient (Wildman–Crippen LogP) is 2.86. The average molecular weight is 499 g/mol. The van der Waals surface area contributed by atoms with Gasteiger partial charge in [0.2, 0.25) is 10.0 Å². The van der Waals surface area contributed by atoms with Gasteiger partial charge >= 0.3 is 0 Å². The van der Waals surface area contributed by atoms with Crippen LogP contribution in [0, 0.1) is 10.8 Å². The fourth-order valence-corrected chi connectivity index (χ4v) is 8.25. The van der Waals surface area contributed by atoms with E-state index < -0.39 is 10.0 Å². The third-order valence-electron chi connectivity index (χ3n) is 7.27. The number of ketones is 1. The number of aromatic nitrogens is 1. The number of nitrogens with one attached hydrogen (secondary N) is 1. The van der Waals surface area contributed by atoms with Crippen molar-refractivity contribution in [2.24, 2.45) is 10.8 Å². The molecule has 4 fully saturated rings. The van der Waals surface area contributed by atoms with Gasteiger partial charge in [-0.15, -0.1) is 23.2 Å². The van der Waals surface area contributed by atoms with Gasteiger partial charge in [0, 0.05) is 73.7 Å². The molecule has 4 saturated heterocycles. The number of carbonyl (C=O) groups excluding carboxylic acids is 1. The van der Waals surface area contributed by atoms with Crippen LogP contribution in [0.1, 0.15) is 25.6 Å². The zero-order chi connectivity index (χ0) is 22.9. The van der Waals surface area contributed by atoms with Crippen molar-refractivity contribution in [2.45, 2.75) is 24.9 Å². The monoisotopic (exact) mass is 498 g/mol. The second kappa shape index (κ2) is 7.68. The van der Waals surface area contributed by atoms with E-state index in [1.165, 1.54) is 4.31 Å². The highest BCUT2D eigenvalue weighted by Crippen LogP contribution is 2.52. The Morgan fingerprint density at radius 1 is 1.06 bits per heavy atom. The summed E-state index contributed by atoms with van der Waals surface area (Å²) in [5, 5.41) is 0.891. The second-order valence-corrected chi connectivity index (χ2v) is 12.6. The van der Waals surface area contributed by atoms with Crippen LogP contribution in [0.4, 0.5) is 0 Å². The van der Waals surface area contributed by atoms with E-state index in [2.05, 4.69) is 28.6 Å². The molecule has 0 unspecified atom stereocenters. The molecule has 2 aromatic rings. The van der Waals surface area contributed by atoms with E-state index in [1.807, 2.05) is 12.3 Å². The third kappa shape index (κ3) is 3.26. The maximum absolute atomic E-state index is 13.3. The number of nitrogens with zero attached hydrogens (tertiary/aromatic N) is 3. The summed E-state index contributed by atoms with van der Waals surface area (Å²) in [6.07, 6.45) is 2.01. The van der Waals surface area contributed by atoms with E-state index in [-0.39, 0.29) is 46.7 Å². The molecular formula is C22H28Cl2N4O3S. The molecule has 0 spiro atoms. The highest BCUT2D eigenvalue weighted by atomic mass is 35.5. The Labute approximate surface area is 198 Å². The summed E-state index contributed by atoms with van der Waals surface area (Å²) >= 11 is 11.7. The van der Waals surface area contributed by atoms with Crippen LogP contribution in [0.2, 0.25) is 0 Å². The Morgan fingerprint density at radius 3 is 2.16 bits per heavy atom. The minimum atomic E-state index is -3.71. The molecule has 0 radical (unpaired) electrons. The Balaban J connectivity index is 1.54. The summed E-state index contributed by atoms with van der Waals surface area (Å²) in [6, 6.07) is 5.21. The van der Waals surface area contributed by atoms with Gasteiger partial charge in [-0.2, -0.15) is 4.31 Å². The number of H-pyrrole nitrogens is 1. The van der Waals surface area contributed by atoms with Gasteiger partial charge in [-0.25, -0.2) is 8.42 Å². The molecule has 10 heteroatoms. The van der Waals surface area contributed by atoms with Crippen LogP contribution >= 0.6 is 23.2 Å². The highest BCUT2D eigenvalue weighted by Gasteiger charge is 2.62. The van der Waals surface area contributed by atoms with Gasteiger partial charge in [0.15, 0.2) is 0 Å². The van der Waals surface area contributed by atoms with Crippen LogP contribution in [-0.4, -0.2) is 84.3 Å². The summed E-state index contributed by atoms with van der Waals surface area (Å²) in [5.41, 5.74) is 1.26. The largest absolute Gasteiger partial charge is 0.361 e. The van der Waals surface area contributed by atoms with Gasteiger partial charge < -0.3 is 4.98 Å². The Hall–Kier alpha value is -1.16. The van der Waals surface area contributed by atoms with Gasteiger partial charge in [0.25, 0.3) is 0 Å². The van der Waals surface area contributed by atoms with Gasteiger partial charge in [-0.05, 0) is 18.2 Å². The minimum Gasteiger partial charge on any atom is -0.361 e. The number of alkyl halides is 2. The van der Waals surface area contributed by atoms with Gasteiger partial charge in [-0.3, -0.25) is 14.6 Å². The van der Waals surface area contributed by atoms with E-state index >= 15 is 0 Å². The van der Waals surface area contributed by atoms with Crippen LogP contribution in [0.25, 0.3) is 10.9 Å². The molecule has 4 aliphatic heterocycles. The van der Waals surface area contributed by atoms with E-state index in [1.54, 1.807) is 12.1 Å². The van der Waals surface area contributed by atoms with Crippen LogP contribution in [0.15, 0.2) is 29.3 Å². The predicted molar refractivity (Wildman–Crippen MR) is 126 cm³/mol. The highest BCUT2D eigenvalue weighted by molar-refractivity contribution is 7.89. The van der Waals surface area contributed by atoms with Crippen molar-refractivity contribution < 1.29 is 13.2 Å². The van der Waals surface area contributed by atoms with Crippen LogP contribution in [-0.2, 0) is 14.8 Å². The summed E-state index contributed by atoms with van der Waals surface area (Å²) in [4.78, 5) is 21.3. The number of hydrogen-bond acceptors (Lipinski definition) is 5. The van der Waals surface area contributed by atoms with E-state index in [0.29, 0.717) is 5.78 Å². The molecule has 174 valence electrons. The van der Waals surface area contributed by atoms with Gasteiger partial charge in [0.1, 0.15) is 5.78 Å². The summed E-state index contributed by atoms with van der Waals surface area (Å²) < 4.78 is 27.9. The van der Waals surface area contributed by atoms with Crippen molar-refractivity contribution in [3.63, 3.8) is 0 Å². The first-order chi connectivity index (χ1) is 15.1. The van der Waals surface area contributed by atoms with Crippen molar-refractivity contribution in [3.05, 3.63) is 30.0 Å². The molecule has 5 heterocycles. The number of halogens is 2. The Bertz CT molecular complexity index is 1140. The van der Waals surface area contributed by atoms with E-state index in [4.69, 9.17) is 23.2 Å². The molecule has 4 aliphatic rings. The van der Waals surface area contributed by atoms with Crippen molar-refractivity contribution in [1.82, 2.24) is 19.1 Å². The number of hydrogen-bond donors (Lipinski definition) is 1. The first-order valence-corrected chi connectivity index (χ1v) is 13.4. The first kappa shape index (κ1) is 22.6. The molecule has 4 bridgehead atoms. The molecule has 6 rings (SSSR count). The van der Waals surface area contributed by atoms with Crippen LogP contribution in [0.3, 0.4) is 0 Å².